The standard InChI is InChI=1S/C18H21BrS/c1-14(2)15-8-10-18(11-9-15)20-13-17(12-19)16-6-4-3-5-7-16/h3-11,14,17H,12-13H2,1-2H3. The fourth-order valence-corrected chi connectivity index (χ4v) is 4.04. The minimum absolute atomic E-state index is 0.561. The van der Waals surface area contributed by atoms with Crippen molar-refractivity contribution in [3.63, 3.8) is 0 Å². The maximum atomic E-state index is 3.64. The van der Waals surface area contributed by atoms with Crippen LogP contribution >= 0.6 is 27.7 Å². The van der Waals surface area contributed by atoms with Gasteiger partial charge in [-0.2, -0.15) is 0 Å². The average Bonchev–Trinajstić information content (AvgIpc) is 2.49. The maximum Gasteiger partial charge on any atom is 0.0108 e. The van der Waals surface area contributed by atoms with Crippen LogP contribution in [0.3, 0.4) is 0 Å². The topological polar surface area (TPSA) is 0 Å². The molecule has 2 heteroatoms. The van der Waals surface area contributed by atoms with Gasteiger partial charge in [-0.15, -0.1) is 11.8 Å². The number of rotatable bonds is 6. The van der Waals surface area contributed by atoms with Crippen LogP contribution in [0.2, 0.25) is 0 Å². The van der Waals surface area contributed by atoms with Crippen LogP contribution in [-0.4, -0.2) is 11.1 Å². The van der Waals surface area contributed by atoms with Crippen LogP contribution < -0.4 is 0 Å². The lowest BCUT2D eigenvalue weighted by Crippen LogP contribution is -2.03. The van der Waals surface area contributed by atoms with E-state index in [1.165, 1.54) is 16.0 Å². The Morgan fingerprint density at radius 2 is 1.55 bits per heavy atom. The smallest absolute Gasteiger partial charge is 0.0108 e. The molecule has 2 aromatic rings. The van der Waals surface area contributed by atoms with Crippen molar-refractivity contribution in [2.45, 2.75) is 30.6 Å². The first kappa shape index (κ1) is 15.7. The van der Waals surface area contributed by atoms with Crippen molar-refractivity contribution in [2.75, 3.05) is 11.1 Å². The molecule has 0 spiro atoms. The van der Waals surface area contributed by atoms with Crippen LogP contribution in [0.4, 0.5) is 0 Å². The monoisotopic (exact) mass is 348 g/mol. The van der Waals surface area contributed by atoms with Gasteiger partial charge in [-0.1, -0.05) is 72.2 Å². The van der Waals surface area contributed by atoms with Crippen molar-refractivity contribution in [3.05, 3.63) is 65.7 Å². The molecule has 2 aromatic carbocycles. The van der Waals surface area contributed by atoms with Gasteiger partial charge >= 0.3 is 0 Å². The third-order valence-corrected chi connectivity index (χ3v) is 5.41. The first-order valence-electron chi connectivity index (χ1n) is 7.04. The molecule has 0 aliphatic heterocycles. The van der Waals surface area contributed by atoms with Gasteiger partial charge in [0.25, 0.3) is 0 Å². The highest BCUT2D eigenvalue weighted by Crippen LogP contribution is 2.28. The van der Waals surface area contributed by atoms with Crippen molar-refractivity contribution < 1.29 is 0 Å². The van der Waals surface area contributed by atoms with Crippen molar-refractivity contribution >= 4 is 27.7 Å². The molecule has 0 aliphatic rings. The molecule has 20 heavy (non-hydrogen) atoms. The lowest BCUT2D eigenvalue weighted by atomic mass is 10.0. The van der Waals surface area contributed by atoms with Gasteiger partial charge in [0.05, 0.1) is 0 Å². The molecule has 0 aliphatic carbocycles. The summed E-state index contributed by atoms with van der Waals surface area (Å²) in [6.45, 7) is 4.47. The minimum Gasteiger partial charge on any atom is -0.126 e. The molecule has 0 radical (unpaired) electrons. The van der Waals surface area contributed by atoms with Crippen molar-refractivity contribution in [1.82, 2.24) is 0 Å². The Bertz CT molecular complexity index is 505. The Labute approximate surface area is 135 Å². The number of alkyl halides is 1. The fraction of sp³-hybridized carbons (Fsp3) is 0.333. The van der Waals surface area contributed by atoms with Crippen LogP contribution in [0, 0.1) is 0 Å². The molecule has 0 nitrogen and oxygen atoms in total. The quantitative estimate of drug-likeness (QED) is 0.450. The zero-order valence-corrected chi connectivity index (χ0v) is 14.5. The number of hydrogen-bond acceptors (Lipinski definition) is 1. The molecule has 0 N–H and O–H groups in total. The van der Waals surface area contributed by atoms with E-state index in [9.17, 15) is 0 Å². The predicted octanol–water partition coefficient (Wildman–Crippen LogP) is 6.08. The summed E-state index contributed by atoms with van der Waals surface area (Å²) in [7, 11) is 0. The molecular formula is C18H21BrS. The van der Waals surface area contributed by atoms with Gasteiger partial charge in [-0.3, -0.25) is 0 Å². The van der Waals surface area contributed by atoms with Gasteiger partial charge in [0.1, 0.15) is 0 Å². The largest absolute Gasteiger partial charge is 0.126 e. The van der Waals surface area contributed by atoms with Gasteiger partial charge in [0.2, 0.25) is 0 Å². The van der Waals surface area contributed by atoms with E-state index in [-0.39, 0.29) is 0 Å². The van der Waals surface area contributed by atoms with Crippen molar-refractivity contribution in [1.29, 1.82) is 0 Å². The molecule has 2 rings (SSSR count). The summed E-state index contributed by atoms with van der Waals surface area (Å²) in [6, 6.07) is 19.7. The van der Waals surface area contributed by atoms with E-state index in [1.807, 2.05) is 11.8 Å². The van der Waals surface area contributed by atoms with Crippen molar-refractivity contribution in [2.24, 2.45) is 0 Å². The first-order valence-corrected chi connectivity index (χ1v) is 9.15. The third kappa shape index (κ3) is 4.39. The molecule has 0 aromatic heterocycles. The van der Waals surface area contributed by atoms with E-state index >= 15 is 0 Å². The highest BCUT2D eigenvalue weighted by atomic mass is 79.9. The molecule has 0 saturated carbocycles. The van der Waals surface area contributed by atoms with Gasteiger partial charge in [-0.05, 0) is 29.2 Å². The van der Waals surface area contributed by atoms with E-state index in [0.717, 1.165) is 11.1 Å². The maximum absolute atomic E-state index is 3.64. The first-order chi connectivity index (χ1) is 9.70. The van der Waals surface area contributed by atoms with Gasteiger partial charge in [-0.25, -0.2) is 0 Å². The second kappa shape index (κ2) is 7.90. The highest BCUT2D eigenvalue weighted by Gasteiger charge is 2.10. The van der Waals surface area contributed by atoms with Gasteiger partial charge in [0.15, 0.2) is 0 Å². The normalized spacial score (nSPS) is 12.6. The van der Waals surface area contributed by atoms with Crippen molar-refractivity contribution in [3.8, 4) is 0 Å². The number of thioether (sulfide) groups is 1. The zero-order valence-electron chi connectivity index (χ0n) is 12.1. The van der Waals surface area contributed by atoms with Crippen LogP contribution in [0.1, 0.15) is 36.8 Å². The number of benzene rings is 2. The van der Waals surface area contributed by atoms with E-state index in [0.29, 0.717) is 11.8 Å². The second-order valence-electron chi connectivity index (χ2n) is 5.30. The van der Waals surface area contributed by atoms with E-state index in [2.05, 4.69) is 84.4 Å². The minimum atomic E-state index is 0.561. The summed E-state index contributed by atoms with van der Waals surface area (Å²) in [6.07, 6.45) is 0. The summed E-state index contributed by atoms with van der Waals surface area (Å²) < 4.78 is 0. The number of hydrogen-bond donors (Lipinski definition) is 0. The summed E-state index contributed by atoms with van der Waals surface area (Å²) in [4.78, 5) is 1.36. The van der Waals surface area contributed by atoms with Crippen LogP contribution in [0.15, 0.2) is 59.5 Å². The Kier molecular flexibility index (Phi) is 6.18. The molecule has 0 fully saturated rings. The summed E-state index contributed by atoms with van der Waals surface area (Å²) in [5.41, 5.74) is 2.82. The molecule has 0 amide bonds. The zero-order chi connectivity index (χ0) is 14.4. The molecule has 0 saturated heterocycles. The second-order valence-corrected chi connectivity index (χ2v) is 7.04. The number of halogens is 1. The van der Waals surface area contributed by atoms with Gasteiger partial charge < -0.3 is 0 Å². The van der Waals surface area contributed by atoms with Crippen LogP contribution in [0.25, 0.3) is 0 Å². The average molecular weight is 349 g/mol. The van der Waals surface area contributed by atoms with Crippen LogP contribution in [-0.2, 0) is 0 Å². The molecule has 1 atom stereocenters. The third-order valence-electron chi connectivity index (χ3n) is 3.46. The lowest BCUT2D eigenvalue weighted by Gasteiger charge is -2.14. The molecule has 0 bridgehead atoms. The SMILES string of the molecule is CC(C)c1ccc(SCC(CBr)c2ccccc2)cc1. The Hall–Kier alpha value is -0.730. The van der Waals surface area contributed by atoms with Gasteiger partial charge in [0, 0.05) is 21.9 Å². The summed E-state index contributed by atoms with van der Waals surface area (Å²) in [5.74, 6) is 2.27. The molecule has 106 valence electrons. The molecule has 0 heterocycles. The summed E-state index contributed by atoms with van der Waals surface area (Å²) >= 11 is 5.58. The van der Waals surface area contributed by atoms with Crippen LogP contribution in [0.5, 0.6) is 0 Å². The lowest BCUT2D eigenvalue weighted by molar-refractivity contribution is 0.864. The fourth-order valence-electron chi connectivity index (χ4n) is 2.10. The molecular weight excluding hydrogens is 328 g/mol. The Balaban J connectivity index is 1.96. The Morgan fingerprint density at radius 1 is 0.900 bits per heavy atom. The van der Waals surface area contributed by atoms with E-state index in [4.69, 9.17) is 0 Å². The predicted molar refractivity (Wildman–Crippen MR) is 94.2 cm³/mol. The van der Waals surface area contributed by atoms with E-state index in [1.54, 1.807) is 0 Å². The van der Waals surface area contributed by atoms with E-state index < -0.39 is 0 Å². The summed E-state index contributed by atoms with van der Waals surface area (Å²) in [5, 5.41) is 1.01. The molecule has 1 unspecified atom stereocenters. The highest BCUT2D eigenvalue weighted by molar-refractivity contribution is 9.09. The Morgan fingerprint density at radius 3 is 2.10 bits per heavy atom.